The number of nitrogens with one attached hydrogen (secondary N) is 1. The van der Waals surface area contributed by atoms with E-state index in [1.807, 2.05) is 42.5 Å². The fraction of sp³-hybridized carbons (Fsp3) is 0.0556. The van der Waals surface area contributed by atoms with Crippen molar-refractivity contribution < 1.29 is 8.42 Å². The Balaban J connectivity index is 1.87. The third kappa shape index (κ3) is 3.40. The molecule has 0 heterocycles. The summed E-state index contributed by atoms with van der Waals surface area (Å²) in [5.74, 6) is 0. The molecule has 0 atom stereocenters. The molecular weight excluding hydrogens is 308 g/mol. The lowest BCUT2D eigenvalue weighted by atomic mass is 10.0. The van der Waals surface area contributed by atoms with Crippen LogP contribution >= 0.6 is 0 Å². The number of nitrogens with zero attached hydrogens (tertiary/aromatic N) is 1. The van der Waals surface area contributed by atoms with Crippen molar-refractivity contribution in [3.63, 3.8) is 0 Å². The Hall–Kier alpha value is -2.66. The second-order valence-corrected chi connectivity index (χ2v) is 6.83. The minimum absolute atomic E-state index is 0.190. The summed E-state index contributed by atoms with van der Waals surface area (Å²) in [7, 11) is -3.64. The summed E-state index contributed by atoms with van der Waals surface area (Å²) < 4.78 is 24.3. The van der Waals surface area contributed by atoms with Gasteiger partial charge in [-0.2, -0.15) is 18.4 Å². The van der Waals surface area contributed by atoms with Gasteiger partial charge in [-0.1, -0.05) is 54.6 Å². The molecule has 0 aromatic heterocycles. The normalized spacial score (nSPS) is 12.3. The van der Waals surface area contributed by atoms with Gasteiger partial charge in [-0.25, -0.2) is 0 Å². The molecule has 0 saturated carbocycles. The molecule has 3 aromatic rings. The highest BCUT2D eigenvalue weighted by molar-refractivity contribution is 7.89. The monoisotopic (exact) mass is 324 g/mol. The van der Waals surface area contributed by atoms with Gasteiger partial charge in [-0.3, -0.25) is 0 Å². The van der Waals surface area contributed by atoms with E-state index in [1.54, 1.807) is 25.1 Å². The second kappa shape index (κ2) is 6.22. The molecule has 0 bridgehead atoms. The van der Waals surface area contributed by atoms with Crippen molar-refractivity contribution in [2.24, 2.45) is 5.10 Å². The maximum Gasteiger partial charge on any atom is 0.276 e. The highest BCUT2D eigenvalue weighted by Crippen LogP contribution is 2.16. The molecule has 0 radical (unpaired) electrons. The number of rotatable bonds is 4. The average Bonchev–Trinajstić information content (AvgIpc) is 2.60. The van der Waals surface area contributed by atoms with Gasteiger partial charge in [0, 0.05) is 0 Å². The Kier molecular flexibility index (Phi) is 4.12. The SMILES string of the molecule is C/C(=N/NS(=O)(=O)c1ccccc1)c1ccc2ccccc2c1. The van der Waals surface area contributed by atoms with Gasteiger partial charge in [0.25, 0.3) is 10.0 Å². The van der Waals surface area contributed by atoms with Gasteiger partial charge >= 0.3 is 0 Å². The first-order valence-corrected chi connectivity index (χ1v) is 8.65. The topological polar surface area (TPSA) is 58.5 Å². The molecule has 0 fully saturated rings. The molecule has 116 valence electrons. The molecule has 0 saturated heterocycles. The van der Waals surface area contributed by atoms with E-state index in [-0.39, 0.29) is 4.90 Å². The molecule has 0 aliphatic carbocycles. The molecule has 23 heavy (non-hydrogen) atoms. The first-order chi connectivity index (χ1) is 11.1. The van der Waals surface area contributed by atoms with Gasteiger partial charge in [0.15, 0.2) is 0 Å². The lowest BCUT2D eigenvalue weighted by Gasteiger charge is -2.06. The largest absolute Gasteiger partial charge is 0.276 e. The zero-order chi connectivity index (χ0) is 16.3. The van der Waals surface area contributed by atoms with Crippen molar-refractivity contribution in [3.05, 3.63) is 78.4 Å². The van der Waals surface area contributed by atoms with E-state index in [1.165, 1.54) is 12.1 Å². The summed E-state index contributed by atoms with van der Waals surface area (Å²) in [5, 5.41) is 6.25. The van der Waals surface area contributed by atoms with Crippen LogP contribution in [0.3, 0.4) is 0 Å². The van der Waals surface area contributed by atoms with E-state index in [0.29, 0.717) is 5.71 Å². The van der Waals surface area contributed by atoms with Crippen molar-refractivity contribution in [2.45, 2.75) is 11.8 Å². The van der Waals surface area contributed by atoms with Crippen LogP contribution in [-0.4, -0.2) is 14.1 Å². The van der Waals surface area contributed by atoms with E-state index in [2.05, 4.69) is 9.93 Å². The lowest BCUT2D eigenvalue weighted by molar-refractivity contribution is 0.584. The van der Waals surface area contributed by atoms with Crippen LogP contribution in [0.1, 0.15) is 12.5 Å². The smallest absolute Gasteiger partial charge is 0.200 e. The van der Waals surface area contributed by atoms with Crippen molar-refractivity contribution in [2.75, 3.05) is 0 Å². The van der Waals surface area contributed by atoms with Crippen LogP contribution in [0.15, 0.2) is 82.8 Å². The van der Waals surface area contributed by atoms with Crippen LogP contribution in [0.5, 0.6) is 0 Å². The van der Waals surface area contributed by atoms with E-state index in [0.717, 1.165) is 16.3 Å². The van der Waals surface area contributed by atoms with E-state index < -0.39 is 10.0 Å². The highest BCUT2D eigenvalue weighted by Gasteiger charge is 2.12. The minimum Gasteiger partial charge on any atom is -0.200 e. The molecule has 3 rings (SSSR count). The van der Waals surface area contributed by atoms with Gasteiger partial charge in [0.2, 0.25) is 0 Å². The van der Waals surface area contributed by atoms with Crippen LogP contribution in [0.25, 0.3) is 10.8 Å². The molecule has 0 spiro atoms. The summed E-state index contributed by atoms with van der Waals surface area (Å²) in [6.07, 6.45) is 0. The molecule has 0 aliphatic heterocycles. The molecule has 0 aliphatic rings. The van der Waals surface area contributed by atoms with Crippen LogP contribution in [0.2, 0.25) is 0 Å². The third-order valence-electron chi connectivity index (χ3n) is 3.55. The molecule has 0 amide bonds. The summed E-state index contributed by atoms with van der Waals surface area (Å²) in [6, 6.07) is 22.1. The number of hydrogen-bond donors (Lipinski definition) is 1. The van der Waals surface area contributed by atoms with Gasteiger partial charge in [-0.15, -0.1) is 0 Å². The lowest BCUT2D eigenvalue weighted by Crippen LogP contribution is -2.19. The fourth-order valence-electron chi connectivity index (χ4n) is 2.26. The van der Waals surface area contributed by atoms with Crippen LogP contribution in [0.4, 0.5) is 0 Å². The van der Waals surface area contributed by atoms with E-state index in [9.17, 15) is 8.42 Å². The average molecular weight is 324 g/mol. The summed E-state index contributed by atoms with van der Waals surface area (Å²) >= 11 is 0. The van der Waals surface area contributed by atoms with Crippen LogP contribution < -0.4 is 4.83 Å². The van der Waals surface area contributed by atoms with E-state index >= 15 is 0 Å². The quantitative estimate of drug-likeness (QED) is 0.589. The zero-order valence-electron chi connectivity index (χ0n) is 12.6. The van der Waals surface area contributed by atoms with Gasteiger partial charge in [-0.05, 0) is 41.5 Å². The zero-order valence-corrected chi connectivity index (χ0v) is 13.4. The summed E-state index contributed by atoms with van der Waals surface area (Å²) in [6.45, 7) is 1.78. The predicted octanol–water partition coefficient (Wildman–Crippen LogP) is 3.54. The second-order valence-electron chi connectivity index (χ2n) is 5.17. The third-order valence-corrected chi connectivity index (χ3v) is 4.78. The maximum atomic E-state index is 12.2. The Bertz CT molecular complexity index is 964. The number of hydrazone groups is 1. The van der Waals surface area contributed by atoms with Crippen molar-refractivity contribution in [3.8, 4) is 0 Å². The van der Waals surface area contributed by atoms with Crippen molar-refractivity contribution in [1.82, 2.24) is 4.83 Å². The summed E-state index contributed by atoms with van der Waals surface area (Å²) in [5.41, 5.74) is 1.48. The standard InChI is InChI=1S/C18H16N2O2S/c1-14(16-12-11-15-7-5-6-8-17(15)13-16)19-20-23(21,22)18-9-3-2-4-10-18/h2-13,20H,1H3/b19-14-. The van der Waals surface area contributed by atoms with Crippen molar-refractivity contribution >= 4 is 26.5 Å². The predicted molar refractivity (Wildman–Crippen MR) is 92.9 cm³/mol. The molecule has 5 heteroatoms. The first-order valence-electron chi connectivity index (χ1n) is 7.16. The Morgan fingerprint density at radius 1 is 0.870 bits per heavy atom. The maximum absolute atomic E-state index is 12.2. The molecule has 3 aromatic carbocycles. The molecule has 0 unspecified atom stereocenters. The van der Waals surface area contributed by atoms with E-state index in [4.69, 9.17) is 0 Å². The van der Waals surface area contributed by atoms with Crippen molar-refractivity contribution in [1.29, 1.82) is 0 Å². The first kappa shape index (κ1) is 15.2. The number of fused-ring (bicyclic) bond motifs is 1. The number of hydrogen-bond acceptors (Lipinski definition) is 3. The molecule has 1 N–H and O–H groups in total. The Morgan fingerprint density at radius 2 is 1.52 bits per heavy atom. The Labute approximate surface area is 135 Å². The summed E-state index contributed by atoms with van der Waals surface area (Å²) in [4.78, 5) is 2.47. The number of benzene rings is 3. The molecule has 4 nitrogen and oxygen atoms in total. The van der Waals surface area contributed by atoms with Gasteiger partial charge < -0.3 is 0 Å². The Morgan fingerprint density at radius 3 is 2.26 bits per heavy atom. The minimum atomic E-state index is -3.64. The van der Waals surface area contributed by atoms with Crippen LogP contribution in [0, 0.1) is 0 Å². The van der Waals surface area contributed by atoms with Crippen LogP contribution in [-0.2, 0) is 10.0 Å². The van der Waals surface area contributed by atoms with Gasteiger partial charge in [0.1, 0.15) is 0 Å². The fourth-order valence-corrected chi connectivity index (χ4v) is 3.14. The highest BCUT2D eigenvalue weighted by atomic mass is 32.2. The molecular formula is C18H16N2O2S. The number of sulfonamides is 1. The van der Waals surface area contributed by atoms with Gasteiger partial charge in [0.05, 0.1) is 10.6 Å².